The molecule has 0 saturated carbocycles. The van der Waals surface area contributed by atoms with Gasteiger partial charge in [0.05, 0.1) is 11.6 Å². The Bertz CT molecular complexity index is 535. The van der Waals surface area contributed by atoms with Crippen LogP contribution >= 0.6 is 11.8 Å². The summed E-state index contributed by atoms with van der Waals surface area (Å²) in [5.41, 5.74) is 1.20. The minimum Gasteiger partial charge on any atom is -0.462 e. The van der Waals surface area contributed by atoms with Crippen molar-refractivity contribution in [3.63, 3.8) is 0 Å². The highest BCUT2D eigenvalue weighted by atomic mass is 32.2. The van der Waals surface area contributed by atoms with Crippen LogP contribution in [0.4, 0.5) is 0 Å². The first-order chi connectivity index (χ1) is 10.2. The maximum atomic E-state index is 11.9. The van der Waals surface area contributed by atoms with E-state index in [1.54, 1.807) is 6.92 Å². The molecular formula is C16H20N2O2S. The molecule has 0 fully saturated rings. The number of carbonyl (C=O) groups is 1. The first-order valence-electron chi connectivity index (χ1n) is 6.82. The lowest BCUT2D eigenvalue weighted by atomic mass is 10.2. The fourth-order valence-electron chi connectivity index (χ4n) is 1.90. The van der Waals surface area contributed by atoms with Gasteiger partial charge < -0.3 is 9.64 Å². The Labute approximate surface area is 130 Å². The number of benzene rings is 1. The number of thioether (sulfide) groups is 1. The van der Waals surface area contributed by atoms with Gasteiger partial charge in [0.2, 0.25) is 0 Å². The van der Waals surface area contributed by atoms with Gasteiger partial charge in [-0.15, -0.1) is 11.8 Å². The van der Waals surface area contributed by atoms with Crippen LogP contribution in [0.25, 0.3) is 0 Å². The highest BCUT2D eigenvalue weighted by Crippen LogP contribution is 2.24. The van der Waals surface area contributed by atoms with Crippen molar-refractivity contribution >= 4 is 17.7 Å². The van der Waals surface area contributed by atoms with E-state index in [2.05, 4.69) is 0 Å². The zero-order chi connectivity index (χ0) is 15.7. The molecular weight excluding hydrogens is 284 g/mol. The predicted molar refractivity (Wildman–Crippen MR) is 85.3 cm³/mol. The summed E-state index contributed by atoms with van der Waals surface area (Å²) in [4.78, 5) is 13.9. The number of nitrogens with zero attached hydrogens (tertiary/aromatic N) is 2. The van der Waals surface area contributed by atoms with Gasteiger partial charge in [-0.1, -0.05) is 30.3 Å². The molecule has 1 aromatic carbocycles. The standard InChI is InChI=1S/C16H20N2O2S/c1-4-18(12-13-9-7-6-8-10-13)15(21-3)14(11-17)16(19)20-5-2/h6-10H,4-5,12H2,1-3H3/b15-14-. The van der Waals surface area contributed by atoms with E-state index in [4.69, 9.17) is 4.74 Å². The minimum atomic E-state index is -0.559. The molecule has 0 atom stereocenters. The van der Waals surface area contributed by atoms with Gasteiger partial charge in [-0.25, -0.2) is 4.79 Å². The average molecular weight is 304 g/mol. The maximum absolute atomic E-state index is 11.9. The summed E-state index contributed by atoms with van der Waals surface area (Å²) in [6.45, 7) is 5.34. The van der Waals surface area contributed by atoms with Crippen LogP contribution in [0.3, 0.4) is 0 Å². The van der Waals surface area contributed by atoms with E-state index in [1.807, 2.05) is 54.5 Å². The average Bonchev–Trinajstić information content (AvgIpc) is 2.51. The number of esters is 1. The summed E-state index contributed by atoms with van der Waals surface area (Å²) < 4.78 is 4.96. The summed E-state index contributed by atoms with van der Waals surface area (Å²) in [6, 6.07) is 11.9. The van der Waals surface area contributed by atoms with E-state index in [0.717, 1.165) is 5.56 Å². The normalized spacial score (nSPS) is 11.3. The third-order valence-corrected chi connectivity index (χ3v) is 3.73. The fraction of sp³-hybridized carbons (Fsp3) is 0.375. The van der Waals surface area contributed by atoms with Crippen LogP contribution < -0.4 is 0 Å². The number of rotatable bonds is 7. The SMILES string of the molecule is CCOC(=O)/C(C#N)=C(\SC)N(CC)Cc1ccccc1. The topological polar surface area (TPSA) is 53.3 Å². The second-order valence-electron chi connectivity index (χ2n) is 4.22. The molecule has 0 aliphatic carbocycles. The second-order valence-corrected chi connectivity index (χ2v) is 5.01. The Kier molecular flexibility index (Phi) is 7.41. The molecule has 5 heteroatoms. The van der Waals surface area contributed by atoms with Crippen molar-refractivity contribution in [2.45, 2.75) is 20.4 Å². The lowest BCUT2D eigenvalue weighted by Crippen LogP contribution is -2.24. The van der Waals surface area contributed by atoms with Gasteiger partial charge in [-0.3, -0.25) is 0 Å². The van der Waals surface area contributed by atoms with Gasteiger partial charge in [0.25, 0.3) is 0 Å². The lowest BCUT2D eigenvalue weighted by molar-refractivity contribution is -0.138. The van der Waals surface area contributed by atoms with Crippen LogP contribution in [0.15, 0.2) is 40.9 Å². The zero-order valence-corrected chi connectivity index (χ0v) is 13.4. The van der Waals surface area contributed by atoms with Gasteiger partial charge in [-0.2, -0.15) is 5.26 Å². The summed E-state index contributed by atoms with van der Waals surface area (Å²) >= 11 is 1.39. The molecule has 0 amide bonds. The van der Waals surface area contributed by atoms with Gasteiger partial charge in [0, 0.05) is 13.1 Å². The molecule has 0 bridgehead atoms. The quantitative estimate of drug-likeness (QED) is 0.440. The Morgan fingerprint density at radius 3 is 2.48 bits per heavy atom. The predicted octanol–water partition coefficient (Wildman–Crippen LogP) is 3.17. The molecule has 0 radical (unpaired) electrons. The van der Waals surface area contributed by atoms with Crippen LogP contribution in [-0.2, 0) is 16.1 Å². The Balaban J connectivity index is 3.08. The molecule has 0 spiro atoms. The van der Waals surface area contributed by atoms with E-state index >= 15 is 0 Å². The molecule has 0 saturated heterocycles. The summed E-state index contributed by atoms with van der Waals surface area (Å²) in [5, 5.41) is 9.94. The number of hydrogen-bond donors (Lipinski definition) is 0. The maximum Gasteiger partial charge on any atom is 0.351 e. The molecule has 4 nitrogen and oxygen atoms in total. The van der Waals surface area contributed by atoms with E-state index in [0.29, 0.717) is 18.1 Å². The number of nitriles is 1. The zero-order valence-electron chi connectivity index (χ0n) is 12.6. The van der Waals surface area contributed by atoms with E-state index < -0.39 is 5.97 Å². The molecule has 1 aromatic rings. The van der Waals surface area contributed by atoms with E-state index in [-0.39, 0.29) is 12.2 Å². The first-order valence-corrected chi connectivity index (χ1v) is 8.04. The number of carbonyl (C=O) groups excluding carboxylic acids is 1. The minimum absolute atomic E-state index is 0.0714. The summed E-state index contributed by atoms with van der Waals surface area (Å²) in [7, 11) is 0. The van der Waals surface area contributed by atoms with Crippen LogP contribution in [0.1, 0.15) is 19.4 Å². The number of ether oxygens (including phenoxy) is 1. The summed E-state index contributed by atoms with van der Waals surface area (Å²) in [5.74, 6) is -0.559. The van der Waals surface area contributed by atoms with Crippen molar-refractivity contribution in [3.8, 4) is 6.07 Å². The monoisotopic (exact) mass is 304 g/mol. The van der Waals surface area contributed by atoms with Crippen molar-refractivity contribution in [2.24, 2.45) is 0 Å². The molecule has 1 rings (SSSR count). The molecule has 0 aliphatic heterocycles. The Morgan fingerprint density at radius 1 is 1.33 bits per heavy atom. The highest BCUT2D eigenvalue weighted by molar-refractivity contribution is 8.02. The lowest BCUT2D eigenvalue weighted by Gasteiger charge is -2.25. The second kappa shape index (κ2) is 9.09. The van der Waals surface area contributed by atoms with Gasteiger partial charge >= 0.3 is 5.97 Å². The van der Waals surface area contributed by atoms with Crippen molar-refractivity contribution in [2.75, 3.05) is 19.4 Å². The molecule has 112 valence electrons. The van der Waals surface area contributed by atoms with Crippen molar-refractivity contribution in [1.82, 2.24) is 4.90 Å². The fourth-order valence-corrected chi connectivity index (χ4v) is 2.69. The van der Waals surface area contributed by atoms with Crippen LogP contribution in [0, 0.1) is 11.3 Å². The smallest absolute Gasteiger partial charge is 0.351 e. The van der Waals surface area contributed by atoms with Crippen LogP contribution in [0.5, 0.6) is 0 Å². The Morgan fingerprint density at radius 2 is 2.00 bits per heavy atom. The third-order valence-electron chi connectivity index (χ3n) is 2.88. The van der Waals surface area contributed by atoms with Crippen molar-refractivity contribution in [1.29, 1.82) is 5.26 Å². The van der Waals surface area contributed by atoms with E-state index in [1.165, 1.54) is 11.8 Å². The first kappa shape index (κ1) is 17.1. The van der Waals surface area contributed by atoms with Crippen LogP contribution in [-0.4, -0.2) is 30.3 Å². The van der Waals surface area contributed by atoms with Gasteiger partial charge in [0.15, 0.2) is 5.57 Å². The molecule has 21 heavy (non-hydrogen) atoms. The van der Waals surface area contributed by atoms with Gasteiger partial charge in [0.1, 0.15) is 6.07 Å². The summed E-state index contributed by atoms with van der Waals surface area (Å²) in [6.07, 6.45) is 1.86. The third kappa shape index (κ3) is 4.83. The molecule has 0 unspecified atom stereocenters. The van der Waals surface area contributed by atoms with Gasteiger partial charge in [-0.05, 0) is 25.7 Å². The number of hydrogen-bond acceptors (Lipinski definition) is 5. The van der Waals surface area contributed by atoms with E-state index in [9.17, 15) is 10.1 Å². The molecule has 0 N–H and O–H groups in total. The Hall–Kier alpha value is -1.93. The molecule has 0 aromatic heterocycles. The van der Waals surface area contributed by atoms with Crippen molar-refractivity contribution < 1.29 is 9.53 Å². The largest absolute Gasteiger partial charge is 0.462 e. The van der Waals surface area contributed by atoms with Crippen molar-refractivity contribution in [3.05, 3.63) is 46.5 Å². The molecule has 0 aliphatic rings. The molecule has 0 heterocycles. The van der Waals surface area contributed by atoms with Crippen LogP contribution in [0.2, 0.25) is 0 Å². The highest BCUT2D eigenvalue weighted by Gasteiger charge is 2.20.